The molecule has 0 spiro atoms. The lowest BCUT2D eigenvalue weighted by atomic mass is 10.1. The summed E-state index contributed by atoms with van der Waals surface area (Å²) in [4.78, 5) is 17.6. The average Bonchev–Trinajstić information content (AvgIpc) is 3.31. The Kier molecular flexibility index (Phi) is 9.59. The normalized spacial score (nSPS) is 13.0. The van der Waals surface area contributed by atoms with Crippen LogP contribution in [0.2, 0.25) is 0 Å². The van der Waals surface area contributed by atoms with Gasteiger partial charge >= 0.3 is 14.0 Å². The van der Waals surface area contributed by atoms with Crippen LogP contribution in [-0.2, 0) is 15.3 Å². The maximum atomic E-state index is 13.7. The lowest BCUT2D eigenvalue weighted by Crippen LogP contribution is -2.10. The molecule has 0 saturated carbocycles. The molecule has 1 atom stereocenters. The van der Waals surface area contributed by atoms with Crippen molar-refractivity contribution in [2.24, 2.45) is 0 Å². The van der Waals surface area contributed by atoms with Crippen LogP contribution in [-0.4, -0.2) is 39.8 Å². The molecule has 1 aromatic heterocycles. The summed E-state index contributed by atoms with van der Waals surface area (Å²) in [5.74, 6) is -3.34. The zero-order valence-electron chi connectivity index (χ0n) is 19.2. The molecule has 0 aliphatic heterocycles. The Bertz CT molecular complexity index is 1250. The Morgan fingerprint density at radius 1 is 1.03 bits per heavy atom. The summed E-state index contributed by atoms with van der Waals surface area (Å²) in [5, 5.41) is 8.28. The summed E-state index contributed by atoms with van der Waals surface area (Å²) >= 11 is 0.969. The van der Waals surface area contributed by atoms with Gasteiger partial charge in [0.1, 0.15) is 15.8 Å². The third-order valence-electron chi connectivity index (χ3n) is 4.86. The van der Waals surface area contributed by atoms with E-state index in [2.05, 4.69) is 14.7 Å². The molecule has 0 radical (unpaired) electrons. The minimum absolute atomic E-state index is 0.0196. The molecule has 0 bridgehead atoms. The van der Waals surface area contributed by atoms with Crippen LogP contribution in [0, 0.1) is 11.6 Å². The Balaban J connectivity index is 1.60. The quantitative estimate of drug-likeness (QED) is 0.157. The molecule has 0 aliphatic carbocycles. The fourth-order valence-electron chi connectivity index (χ4n) is 3.00. The van der Waals surface area contributed by atoms with Crippen molar-refractivity contribution in [1.82, 2.24) is 10.2 Å². The topological polar surface area (TPSA) is 111 Å². The van der Waals surface area contributed by atoms with Crippen LogP contribution in [0.1, 0.15) is 36.3 Å². The molecule has 8 nitrogen and oxygen atoms in total. The first-order valence-corrected chi connectivity index (χ1v) is 13.1. The van der Waals surface area contributed by atoms with E-state index in [-0.39, 0.29) is 41.9 Å². The number of ether oxygens (including phenoxy) is 2. The van der Waals surface area contributed by atoms with Gasteiger partial charge in [-0.2, -0.15) is 17.6 Å². The van der Waals surface area contributed by atoms with E-state index in [9.17, 15) is 26.5 Å². The molecular weight excluding hydrogens is 546 g/mol. The fourth-order valence-corrected chi connectivity index (χ4v) is 4.30. The molecular formula is C22H22F5N2O6PS. The first-order chi connectivity index (χ1) is 17.3. The van der Waals surface area contributed by atoms with E-state index in [0.717, 1.165) is 29.5 Å². The fraction of sp³-hybridized carbons (Fsp3) is 0.364. The van der Waals surface area contributed by atoms with Crippen LogP contribution in [0.4, 0.5) is 22.0 Å². The molecule has 3 rings (SSSR count). The first-order valence-electron chi connectivity index (χ1n) is 10.8. The molecule has 0 unspecified atom stereocenters. The van der Waals surface area contributed by atoms with Crippen LogP contribution >= 0.6 is 19.2 Å². The van der Waals surface area contributed by atoms with E-state index in [4.69, 9.17) is 19.3 Å². The summed E-state index contributed by atoms with van der Waals surface area (Å²) in [6, 6.07) is 6.95. The largest absolute Gasteiger partial charge is 0.493 e. The monoisotopic (exact) mass is 568 g/mol. The number of rotatable bonds is 12. The Morgan fingerprint density at radius 2 is 1.70 bits per heavy atom. The van der Waals surface area contributed by atoms with Gasteiger partial charge in [0.25, 0.3) is 0 Å². The van der Waals surface area contributed by atoms with Crippen LogP contribution in [0.5, 0.6) is 11.5 Å². The number of aromatic nitrogens is 2. The van der Waals surface area contributed by atoms with Gasteiger partial charge in [0, 0.05) is 11.5 Å². The number of alkyl halides is 3. The molecule has 0 saturated heterocycles. The number of hydrogen-bond donors (Lipinski definition) is 2. The van der Waals surface area contributed by atoms with Crippen molar-refractivity contribution >= 4 is 19.2 Å². The Labute approximate surface area is 212 Å². The molecule has 37 heavy (non-hydrogen) atoms. The number of nitrogens with zero attached hydrogens (tertiary/aromatic N) is 2. The number of phosphoric ester groups is 1. The molecule has 0 fully saturated rings. The second kappa shape index (κ2) is 12.3. The maximum Gasteiger partial charge on any atom is 0.469 e. The third-order valence-corrected chi connectivity index (χ3v) is 6.55. The van der Waals surface area contributed by atoms with Gasteiger partial charge in [-0.1, -0.05) is 24.3 Å². The van der Waals surface area contributed by atoms with Gasteiger partial charge < -0.3 is 19.3 Å². The second-order valence-corrected chi connectivity index (χ2v) is 10.0. The van der Waals surface area contributed by atoms with E-state index in [1.54, 1.807) is 6.92 Å². The predicted octanol–water partition coefficient (Wildman–Crippen LogP) is 5.95. The van der Waals surface area contributed by atoms with Crippen molar-refractivity contribution in [1.29, 1.82) is 0 Å². The van der Waals surface area contributed by atoms with Crippen LogP contribution in [0.25, 0.3) is 10.6 Å². The number of unbranched alkanes of at least 4 members (excludes halogenated alkanes) is 1. The van der Waals surface area contributed by atoms with E-state index in [1.807, 2.05) is 0 Å². The number of halogens is 5. The summed E-state index contributed by atoms with van der Waals surface area (Å²) < 4.78 is 93.6. The van der Waals surface area contributed by atoms with Crippen molar-refractivity contribution in [3.63, 3.8) is 0 Å². The van der Waals surface area contributed by atoms with Gasteiger partial charge in [0.15, 0.2) is 11.6 Å². The lowest BCUT2D eigenvalue weighted by molar-refractivity contribution is -0.138. The SMILES string of the molecule is C[C@H](COP(=O)(O)O)c1nnc(-c2ccc(OCCCCOc3cccc(F)c3F)c(C(F)(F)F)c2)s1. The van der Waals surface area contributed by atoms with Crippen molar-refractivity contribution < 1.29 is 50.3 Å². The molecule has 2 N–H and O–H groups in total. The standard InChI is InChI=1S/C22H22F5N2O6PS/c1-13(12-35-36(30,31)32)20-28-29-21(37-20)14-7-8-17(15(11-14)22(25,26)27)33-9-2-3-10-34-18-6-4-5-16(23)19(18)24/h4-8,11,13H,2-3,9-10,12H2,1H3,(H2,30,31,32)/t13-/m1/s1. The predicted molar refractivity (Wildman–Crippen MR) is 123 cm³/mol. The van der Waals surface area contributed by atoms with Crippen LogP contribution in [0.15, 0.2) is 36.4 Å². The van der Waals surface area contributed by atoms with Gasteiger partial charge in [-0.05, 0) is 43.2 Å². The highest BCUT2D eigenvalue weighted by Crippen LogP contribution is 2.41. The highest BCUT2D eigenvalue weighted by molar-refractivity contribution is 7.46. The van der Waals surface area contributed by atoms with E-state index >= 15 is 0 Å². The van der Waals surface area contributed by atoms with Gasteiger partial charge in [-0.3, -0.25) is 4.52 Å². The van der Waals surface area contributed by atoms with E-state index in [1.165, 1.54) is 18.2 Å². The van der Waals surface area contributed by atoms with Crippen LogP contribution < -0.4 is 9.47 Å². The molecule has 1 heterocycles. The number of benzene rings is 2. The lowest BCUT2D eigenvalue weighted by Gasteiger charge is -2.15. The van der Waals surface area contributed by atoms with Gasteiger partial charge in [-0.15, -0.1) is 10.2 Å². The second-order valence-electron chi connectivity index (χ2n) is 7.80. The molecule has 0 amide bonds. The summed E-state index contributed by atoms with van der Waals surface area (Å²) in [6.45, 7) is 1.18. The molecule has 202 valence electrons. The highest BCUT2D eigenvalue weighted by atomic mass is 32.1. The molecule has 15 heteroatoms. The molecule has 2 aromatic carbocycles. The minimum atomic E-state index is -4.72. The molecule has 0 aliphatic rings. The van der Waals surface area contributed by atoms with Gasteiger partial charge in [0.2, 0.25) is 5.82 Å². The zero-order chi connectivity index (χ0) is 27.2. The number of hydrogen-bond acceptors (Lipinski definition) is 7. The smallest absolute Gasteiger partial charge is 0.469 e. The van der Waals surface area contributed by atoms with Crippen molar-refractivity contribution in [3.8, 4) is 22.1 Å². The van der Waals surface area contributed by atoms with E-state index in [0.29, 0.717) is 17.8 Å². The van der Waals surface area contributed by atoms with Gasteiger partial charge in [-0.25, -0.2) is 8.96 Å². The van der Waals surface area contributed by atoms with Gasteiger partial charge in [0.05, 0.1) is 25.4 Å². The number of phosphoric acid groups is 1. The third kappa shape index (κ3) is 8.44. The van der Waals surface area contributed by atoms with Crippen molar-refractivity contribution in [2.45, 2.75) is 31.9 Å². The summed E-state index contributed by atoms with van der Waals surface area (Å²) in [7, 11) is -4.67. The first kappa shape index (κ1) is 28.9. The maximum absolute atomic E-state index is 13.7. The summed E-state index contributed by atoms with van der Waals surface area (Å²) in [5.41, 5.74) is -0.880. The summed E-state index contributed by atoms with van der Waals surface area (Å²) in [6.07, 6.45) is -4.10. The Hall–Kier alpha value is -2.64. The average molecular weight is 568 g/mol. The van der Waals surface area contributed by atoms with Crippen molar-refractivity contribution in [2.75, 3.05) is 19.8 Å². The Morgan fingerprint density at radius 3 is 2.35 bits per heavy atom. The zero-order valence-corrected chi connectivity index (χ0v) is 21.0. The highest BCUT2D eigenvalue weighted by Gasteiger charge is 2.35. The van der Waals surface area contributed by atoms with Crippen molar-refractivity contribution in [3.05, 3.63) is 58.6 Å². The van der Waals surface area contributed by atoms with E-state index < -0.39 is 37.1 Å². The minimum Gasteiger partial charge on any atom is -0.493 e. The van der Waals surface area contributed by atoms with Crippen LogP contribution in [0.3, 0.4) is 0 Å². The molecule has 3 aromatic rings.